The van der Waals surface area contributed by atoms with Crippen molar-refractivity contribution >= 4 is 29.9 Å². The molecule has 29 heavy (non-hydrogen) atoms. The molecule has 0 saturated heterocycles. The highest BCUT2D eigenvalue weighted by Crippen LogP contribution is 2.15. The fourth-order valence-corrected chi connectivity index (χ4v) is 2.94. The van der Waals surface area contributed by atoms with Crippen molar-refractivity contribution in [1.29, 1.82) is 0 Å². The van der Waals surface area contributed by atoms with Crippen molar-refractivity contribution in [3.63, 3.8) is 0 Å². The topological polar surface area (TPSA) is 71.5 Å². The Hall–Kier alpha value is -2.36. The third kappa shape index (κ3) is 5.81. The zero-order chi connectivity index (χ0) is 20.1. The third-order valence-corrected chi connectivity index (χ3v) is 4.93. The molecule has 3 aromatic rings. The Labute approximate surface area is 189 Å². The minimum absolute atomic E-state index is 0. The molecule has 1 unspecified atom stereocenters. The van der Waals surface area contributed by atoms with E-state index >= 15 is 0 Å². The van der Waals surface area contributed by atoms with Gasteiger partial charge in [0.15, 0.2) is 11.8 Å². The van der Waals surface area contributed by atoms with E-state index in [4.69, 9.17) is 9.41 Å². The van der Waals surface area contributed by atoms with Gasteiger partial charge in [-0.25, -0.2) is 4.99 Å². The van der Waals surface area contributed by atoms with Gasteiger partial charge in [0, 0.05) is 26.2 Å². The number of aromatic nitrogens is 3. The first-order valence-corrected chi connectivity index (χ1v) is 9.40. The Balaban J connectivity index is 0.00000300. The standard InChI is InChI=1S/C21H28N6O.HI/c1-15(18-9-7-6-8-10-18)23-21(22-13-20-25-24-17(3)27(20)5)26(4)14-19-11-12-28-16(19)2;/h6-12,15H,13-14H2,1-5H3,(H,22,23);1H. The van der Waals surface area contributed by atoms with Gasteiger partial charge in [0.2, 0.25) is 0 Å². The molecule has 2 aromatic heterocycles. The lowest BCUT2D eigenvalue weighted by Gasteiger charge is -2.25. The van der Waals surface area contributed by atoms with Gasteiger partial charge in [-0.2, -0.15) is 0 Å². The van der Waals surface area contributed by atoms with Gasteiger partial charge in [0.1, 0.15) is 18.1 Å². The highest BCUT2D eigenvalue weighted by atomic mass is 127. The molecule has 0 aliphatic rings. The maximum atomic E-state index is 5.43. The van der Waals surface area contributed by atoms with E-state index < -0.39 is 0 Å². The van der Waals surface area contributed by atoms with E-state index in [0.29, 0.717) is 13.1 Å². The number of nitrogens with one attached hydrogen (secondary N) is 1. The van der Waals surface area contributed by atoms with E-state index in [-0.39, 0.29) is 30.0 Å². The Morgan fingerprint density at radius 1 is 1.21 bits per heavy atom. The molecular formula is C21H29IN6O. The second kappa shape index (κ2) is 10.4. The Bertz CT molecular complexity index is 934. The molecule has 8 heteroatoms. The van der Waals surface area contributed by atoms with Crippen LogP contribution >= 0.6 is 24.0 Å². The first-order chi connectivity index (χ1) is 13.5. The Morgan fingerprint density at radius 2 is 1.93 bits per heavy atom. The first-order valence-electron chi connectivity index (χ1n) is 9.40. The summed E-state index contributed by atoms with van der Waals surface area (Å²) in [7, 11) is 3.98. The zero-order valence-electron chi connectivity index (χ0n) is 17.6. The minimum atomic E-state index is 0. The summed E-state index contributed by atoms with van der Waals surface area (Å²) in [4.78, 5) is 6.92. The van der Waals surface area contributed by atoms with Crippen molar-refractivity contribution in [3.8, 4) is 0 Å². The summed E-state index contributed by atoms with van der Waals surface area (Å²) in [5, 5.41) is 11.9. The lowest BCUT2D eigenvalue weighted by molar-refractivity contribution is 0.453. The van der Waals surface area contributed by atoms with Gasteiger partial charge in [-0.15, -0.1) is 34.2 Å². The van der Waals surface area contributed by atoms with Crippen LogP contribution in [0, 0.1) is 13.8 Å². The Morgan fingerprint density at radius 3 is 2.52 bits per heavy atom. The van der Waals surface area contributed by atoms with Crippen LogP contribution in [0.25, 0.3) is 0 Å². The van der Waals surface area contributed by atoms with E-state index in [9.17, 15) is 0 Å². The van der Waals surface area contributed by atoms with Crippen LogP contribution in [-0.4, -0.2) is 32.7 Å². The lowest BCUT2D eigenvalue weighted by Crippen LogP contribution is -2.40. The maximum Gasteiger partial charge on any atom is 0.194 e. The number of aryl methyl sites for hydroxylation is 2. The average molecular weight is 508 g/mol. The van der Waals surface area contributed by atoms with Crippen molar-refractivity contribution in [2.45, 2.75) is 39.9 Å². The molecule has 1 aromatic carbocycles. The summed E-state index contributed by atoms with van der Waals surface area (Å²) in [5.74, 6) is 3.43. The largest absolute Gasteiger partial charge is 0.469 e. The molecule has 0 radical (unpaired) electrons. The van der Waals surface area contributed by atoms with Crippen molar-refractivity contribution < 1.29 is 4.42 Å². The van der Waals surface area contributed by atoms with Crippen LogP contribution in [0.15, 0.2) is 52.1 Å². The third-order valence-electron chi connectivity index (χ3n) is 4.93. The second-order valence-corrected chi connectivity index (χ2v) is 7.00. The molecule has 0 aliphatic carbocycles. The van der Waals surface area contributed by atoms with Crippen molar-refractivity contribution in [1.82, 2.24) is 25.0 Å². The quantitative estimate of drug-likeness (QED) is 0.310. The average Bonchev–Trinajstić information content (AvgIpc) is 3.25. The lowest BCUT2D eigenvalue weighted by atomic mass is 10.1. The number of hydrogen-bond acceptors (Lipinski definition) is 4. The summed E-state index contributed by atoms with van der Waals surface area (Å²) in [6, 6.07) is 12.5. The summed E-state index contributed by atoms with van der Waals surface area (Å²) >= 11 is 0. The van der Waals surface area contributed by atoms with E-state index in [0.717, 1.165) is 28.9 Å². The number of guanidine groups is 1. The highest BCUT2D eigenvalue weighted by Gasteiger charge is 2.15. The molecule has 0 spiro atoms. The monoisotopic (exact) mass is 508 g/mol. The Kier molecular flexibility index (Phi) is 8.24. The van der Waals surface area contributed by atoms with E-state index in [1.165, 1.54) is 5.56 Å². The predicted octanol–water partition coefficient (Wildman–Crippen LogP) is 3.98. The van der Waals surface area contributed by atoms with Crippen LogP contribution in [0.4, 0.5) is 0 Å². The van der Waals surface area contributed by atoms with Crippen molar-refractivity contribution in [3.05, 3.63) is 71.2 Å². The SMILES string of the molecule is Cc1occc1CN(C)C(=NCc1nnc(C)n1C)NC(C)c1ccccc1.I. The van der Waals surface area contributed by atoms with E-state index in [1.807, 2.05) is 56.8 Å². The van der Waals surface area contributed by atoms with Crippen LogP contribution in [0.3, 0.4) is 0 Å². The van der Waals surface area contributed by atoms with Crippen LogP contribution in [0.5, 0.6) is 0 Å². The van der Waals surface area contributed by atoms with Gasteiger partial charge >= 0.3 is 0 Å². The molecule has 1 N–H and O–H groups in total. The molecular weight excluding hydrogens is 479 g/mol. The fourth-order valence-electron chi connectivity index (χ4n) is 2.94. The zero-order valence-corrected chi connectivity index (χ0v) is 19.9. The normalized spacial score (nSPS) is 12.4. The summed E-state index contributed by atoms with van der Waals surface area (Å²) in [5.41, 5.74) is 2.34. The van der Waals surface area contributed by atoms with Gasteiger partial charge in [0.05, 0.1) is 12.3 Å². The summed E-state index contributed by atoms with van der Waals surface area (Å²) in [6.45, 7) is 7.20. The summed E-state index contributed by atoms with van der Waals surface area (Å²) < 4.78 is 7.40. The second-order valence-electron chi connectivity index (χ2n) is 7.00. The predicted molar refractivity (Wildman–Crippen MR) is 125 cm³/mol. The van der Waals surface area contributed by atoms with E-state index in [2.05, 4.69) is 39.5 Å². The summed E-state index contributed by atoms with van der Waals surface area (Å²) in [6.07, 6.45) is 1.72. The highest BCUT2D eigenvalue weighted by molar-refractivity contribution is 14.0. The number of aliphatic imine (C=N–C) groups is 1. The number of hydrogen-bond donors (Lipinski definition) is 1. The number of rotatable bonds is 6. The smallest absolute Gasteiger partial charge is 0.194 e. The molecule has 156 valence electrons. The molecule has 2 heterocycles. The van der Waals surface area contributed by atoms with Gasteiger partial charge < -0.3 is 19.2 Å². The van der Waals surface area contributed by atoms with Gasteiger partial charge in [0.25, 0.3) is 0 Å². The molecule has 0 aliphatic heterocycles. The van der Waals surface area contributed by atoms with Crippen LogP contribution in [0.2, 0.25) is 0 Å². The number of halogens is 1. The molecule has 0 saturated carbocycles. The van der Waals surface area contributed by atoms with Crippen molar-refractivity contribution in [2.24, 2.45) is 12.0 Å². The van der Waals surface area contributed by atoms with Gasteiger partial charge in [-0.3, -0.25) is 0 Å². The van der Waals surface area contributed by atoms with Crippen LogP contribution < -0.4 is 5.32 Å². The number of furan rings is 1. The molecule has 0 amide bonds. The van der Waals surface area contributed by atoms with E-state index in [1.54, 1.807) is 6.26 Å². The van der Waals surface area contributed by atoms with Crippen LogP contribution in [-0.2, 0) is 20.1 Å². The molecule has 0 bridgehead atoms. The van der Waals surface area contributed by atoms with Gasteiger partial charge in [-0.1, -0.05) is 30.3 Å². The van der Waals surface area contributed by atoms with Crippen molar-refractivity contribution in [2.75, 3.05) is 7.05 Å². The number of benzene rings is 1. The minimum Gasteiger partial charge on any atom is -0.469 e. The molecule has 1 atom stereocenters. The fraction of sp³-hybridized carbons (Fsp3) is 0.381. The molecule has 7 nitrogen and oxygen atoms in total. The van der Waals surface area contributed by atoms with Gasteiger partial charge in [-0.05, 0) is 32.4 Å². The molecule has 3 rings (SSSR count). The molecule has 0 fully saturated rings. The first kappa shape index (κ1) is 22.9. The number of nitrogens with zero attached hydrogens (tertiary/aromatic N) is 5. The van der Waals surface area contributed by atoms with Crippen LogP contribution in [0.1, 0.15) is 41.5 Å². The maximum absolute atomic E-state index is 5.43.